The highest BCUT2D eigenvalue weighted by Gasteiger charge is 2.27. The number of nitrogens with one attached hydrogen (secondary N) is 1. The molecule has 10 heteroatoms. The highest BCUT2D eigenvalue weighted by molar-refractivity contribution is 7.45. The zero-order valence-corrected chi connectivity index (χ0v) is 51.3. The van der Waals surface area contributed by atoms with Crippen molar-refractivity contribution in [3.05, 3.63) is 72.9 Å². The van der Waals surface area contributed by atoms with Crippen LogP contribution in [0.15, 0.2) is 72.9 Å². The number of quaternary nitrogens is 1. The lowest BCUT2D eigenvalue weighted by Crippen LogP contribution is -2.47. The maximum absolute atomic E-state index is 13.5. The Balaban J connectivity index is 5.27. The number of ether oxygens (including phenoxy) is 1. The van der Waals surface area contributed by atoms with Crippen LogP contribution in [-0.2, 0) is 27.9 Å². The van der Waals surface area contributed by atoms with Crippen molar-refractivity contribution in [2.75, 3.05) is 40.9 Å². The van der Waals surface area contributed by atoms with Crippen molar-refractivity contribution in [1.29, 1.82) is 0 Å². The predicted octanol–water partition coefficient (Wildman–Crippen LogP) is 19.0. The van der Waals surface area contributed by atoms with E-state index in [4.69, 9.17) is 13.8 Å². The molecule has 0 rings (SSSR count). The van der Waals surface area contributed by atoms with Crippen LogP contribution in [0, 0.1) is 0 Å². The minimum atomic E-state index is -4.71. The molecule has 0 fully saturated rings. The maximum Gasteiger partial charge on any atom is 0.306 e. The van der Waals surface area contributed by atoms with Gasteiger partial charge in [0, 0.05) is 12.8 Å². The molecule has 0 aromatic heterocycles. The Morgan fingerprint density at radius 3 is 1.22 bits per heavy atom. The Labute approximate surface area is 470 Å². The zero-order valence-electron chi connectivity index (χ0n) is 50.4. The molecule has 442 valence electrons. The predicted molar refractivity (Wildman–Crippen MR) is 325 cm³/mol. The van der Waals surface area contributed by atoms with Gasteiger partial charge in [0.25, 0.3) is 7.82 Å². The third kappa shape index (κ3) is 56.2. The second-order valence-electron chi connectivity index (χ2n) is 22.6. The summed E-state index contributed by atoms with van der Waals surface area (Å²) in [7, 11) is 1.17. The fourth-order valence-corrected chi connectivity index (χ4v) is 9.63. The largest absolute Gasteiger partial charge is 0.756 e. The first-order valence-electron chi connectivity index (χ1n) is 31.7. The van der Waals surface area contributed by atoms with Gasteiger partial charge in [-0.2, -0.15) is 0 Å². The van der Waals surface area contributed by atoms with Crippen LogP contribution in [0.1, 0.15) is 284 Å². The van der Waals surface area contributed by atoms with Crippen LogP contribution >= 0.6 is 7.82 Å². The lowest BCUT2D eigenvalue weighted by Gasteiger charge is -2.30. The van der Waals surface area contributed by atoms with Gasteiger partial charge < -0.3 is 28.5 Å². The molecule has 0 aliphatic heterocycles. The molecule has 0 radical (unpaired) electrons. The molecule has 0 saturated heterocycles. The van der Waals surface area contributed by atoms with Crippen LogP contribution in [0.25, 0.3) is 0 Å². The number of carbonyl (C=O) groups excluding carboxylic acids is 2. The number of unbranched alkanes of at least 4 members (excludes halogenated alkanes) is 31. The topological polar surface area (TPSA) is 114 Å². The third-order valence-corrected chi connectivity index (χ3v) is 14.8. The standard InChI is InChI=1S/C66H121N2O7P/c1-7-10-13-16-19-22-25-28-30-32-34-36-38-40-43-46-49-52-55-58-65(69)67-63(62-74-76(71,72)73-61-60-68(4,5)6)64(57-54-51-48-45-42-27-24-21-18-15-12-9-3)75-66(70)59-56-53-50-47-44-41-39-37-35-33-31-29-26-23-20-17-14-11-8-2/h19-20,22-23,28-31,34,36,54,57,63-64H,7-18,21,24-27,32-33,35,37-53,55-56,58-62H2,1-6H3,(H-,67,69,71,72)/b22-19-,23-20-,30-28-,31-29-,36-34-,57-54+. The van der Waals surface area contributed by atoms with E-state index in [9.17, 15) is 19.0 Å². The number of allylic oxidation sites excluding steroid dienone is 11. The summed E-state index contributed by atoms with van der Waals surface area (Å²) in [6, 6.07) is -0.899. The van der Waals surface area contributed by atoms with Crippen LogP contribution in [0.5, 0.6) is 0 Å². The number of carbonyl (C=O) groups is 2. The van der Waals surface area contributed by atoms with Crippen molar-refractivity contribution >= 4 is 19.7 Å². The Morgan fingerprint density at radius 1 is 0.461 bits per heavy atom. The van der Waals surface area contributed by atoms with E-state index >= 15 is 0 Å². The highest BCUT2D eigenvalue weighted by Crippen LogP contribution is 2.38. The molecule has 3 unspecified atom stereocenters. The van der Waals surface area contributed by atoms with Crippen molar-refractivity contribution in [1.82, 2.24) is 5.32 Å². The Hall–Kier alpha value is -2.55. The molecule has 0 aromatic rings. The summed E-state index contributed by atoms with van der Waals surface area (Å²) in [5, 5.41) is 3.02. The number of phosphoric acid groups is 1. The average molecular weight is 1090 g/mol. The van der Waals surface area contributed by atoms with E-state index in [0.29, 0.717) is 17.4 Å². The number of hydrogen-bond donors (Lipinski definition) is 1. The first-order valence-corrected chi connectivity index (χ1v) is 33.2. The number of likely N-dealkylation sites (N-methyl/N-ethyl adjacent to an activating group) is 1. The molecule has 1 N–H and O–H groups in total. The smallest absolute Gasteiger partial charge is 0.306 e. The molecule has 0 aromatic carbocycles. The van der Waals surface area contributed by atoms with Gasteiger partial charge in [-0.05, 0) is 102 Å². The molecule has 0 spiro atoms. The fourth-order valence-electron chi connectivity index (χ4n) is 8.91. The monoisotopic (exact) mass is 1080 g/mol. The number of nitrogens with zero attached hydrogens (tertiary/aromatic N) is 1. The molecule has 0 saturated carbocycles. The van der Waals surface area contributed by atoms with E-state index in [1.165, 1.54) is 135 Å². The van der Waals surface area contributed by atoms with Gasteiger partial charge in [-0.15, -0.1) is 0 Å². The molecule has 3 atom stereocenters. The average Bonchev–Trinajstić information content (AvgIpc) is 3.38. The summed E-state index contributed by atoms with van der Waals surface area (Å²) in [4.78, 5) is 40.0. The Bertz CT molecular complexity index is 1530. The van der Waals surface area contributed by atoms with Gasteiger partial charge in [0.1, 0.15) is 19.3 Å². The van der Waals surface area contributed by atoms with Crippen LogP contribution < -0.4 is 10.2 Å². The minimum Gasteiger partial charge on any atom is -0.756 e. The first-order chi connectivity index (χ1) is 36.9. The number of phosphoric ester groups is 1. The Morgan fingerprint density at radius 2 is 0.803 bits per heavy atom. The van der Waals surface area contributed by atoms with E-state index < -0.39 is 26.6 Å². The molecule has 0 bridgehead atoms. The second kappa shape index (κ2) is 55.8. The number of rotatable bonds is 57. The van der Waals surface area contributed by atoms with Gasteiger partial charge in [-0.1, -0.05) is 242 Å². The van der Waals surface area contributed by atoms with Crippen molar-refractivity contribution in [2.45, 2.75) is 296 Å². The number of hydrogen-bond acceptors (Lipinski definition) is 7. The normalized spacial score (nSPS) is 14.1. The highest BCUT2D eigenvalue weighted by atomic mass is 31.2. The van der Waals surface area contributed by atoms with Crippen LogP contribution in [0.4, 0.5) is 0 Å². The SMILES string of the molecule is CCCCC/C=C\C/C=C\C/C=C\CCCCCCCCC(=O)NC(COP(=O)([O-])OCC[N+](C)(C)C)C(/C=C/CCCCCCCCCCCC)OC(=O)CCCCCCCCCCC/C=C\C/C=C\CCCCC. The van der Waals surface area contributed by atoms with Crippen molar-refractivity contribution in [2.24, 2.45) is 0 Å². The summed E-state index contributed by atoms with van der Waals surface area (Å²) in [5.41, 5.74) is 0. The van der Waals surface area contributed by atoms with E-state index in [2.05, 4.69) is 86.8 Å². The van der Waals surface area contributed by atoms with E-state index in [1.54, 1.807) is 0 Å². The Kier molecular flexibility index (Phi) is 53.9. The lowest BCUT2D eigenvalue weighted by molar-refractivity contribution is -0.870. The molecular formula is C66H121N2O7P. The van der Waals surface area contributed by atoms with E-state index in [-0.39, 0.29) is 24.9 Å². The summed E-state index contributed by atoms with van der Waals surface area (Å²) < 4.78 is 30.3. The molecule has 0 heterocycles. The van der Waals surface area contributed by atoms with Gasteiger partial charge in [0.15, 0.2) is 0 Å². The van der Waals surface area contributed by atoms with Gasteiger partial charge in [0.2, 0.25) is 5.91 Å². The molecule has 0 aliphatic carbocycles. The van der Waals surface area contributed by atoms with Crippen LogP contribution in [0.2, 0.25) is 0 Å². The second-order valence-corrected chi connectivity index (χ2v) is 24.0. The summed E-state index contributed by atoms with van der Waals surface area (Å²) in [6.45, 7) is 6.79. The van der Waals surface area contributed by atoms with Gasteiger partial charge in [-0.3, -0.25) is 14.2 Å². The maximum atomic E-state index is 13.5. The number of amides is 1. The minimum absolute atomic E-state index is 0.0279. The summed E-state index contributed by atoms with van der Waals surface area (Å²) in [6.07, 6.45) is 71.4. The van der Waals surface area contributed by atoms with Crippen molar-refractivity contribution in [3.8, 4) is 0 Å². The van der Waals surface area contributed by atoms with E-state index in [1.807, 2.05) is 33.3 Å². The molecule has 1 amide bonds. The van der Waals surface area contributed by atoms with Crippen molar-refractivity contribution in [3.63, 3.8) is 0 Å². The van der Waals surface area contributed by atoms with Crippen LogP contribution in [-0.4, -0.2) is 69.4 Å². The van der Waals surface area contributed by atoms with Crippen LogP contribution in [0.3, 0.4) is 0 Å². The zero-order chi connectivity index (χ0) is 55.7. The molecule has 0 aliphatic rings. The number of esters is 1. The van der Waals surface area contributed by atoms with E-state index in [0.717, 1.165) is 116 Å². The molecule has 76 heavy (non-hydrogen) atoms. The molecule has 9 nitrogen and oxygen atoms in total. The lowest BCUT2D eigenvalue weighted by atomic mass is 10.0. The first kappa shape index (κ1) is 73.5. The van der Waals surface area contributed by atoms with Gasteiger partial charge in [-0.25, -0.2) is 0 Å². The van der Waals surface area contributed by atoms with Crippen molar-refractivity contribution < 1.29 is 37.3 Å². The fraction of sp³-hybridized carbons (Fsp3) is 0.788. The quantitative estimate of drug-likeness (QED) is 0.0212. The third-order valence-electron chi connectivity index (χ3n) is 13.9. The summed E-state index contributed by atoms with van der Waals surface area (Å²) >= 11 is 0. The van der Waals surface area contributed by atoms with Gasteiger partial charge >= 0.3 is 5.97 Å². The summed E-state index contributed by atoms with van der Waals surface area (Å²) in [5.74, 6) is -0.557. The molecular weight excluding hydrogens is 964 g/mol. The van der Waals surface area contributed by atoms with Gasteiger partial charge in [0.05, 0.1) is 33.8 Å².